The summed E-state index contributed by atoms with van der Waals surface area (Å²) in [6.07, 6.45) is 2.96. The van der Waals surface area contributed by atoms with Gasteiger partial charge < -0.3 is 10.1 Å². The second kappa shape index (κ2) is 8.86. The molecular formula is C18H21ClN2O4S2. The molecule has 0 bridgehead atoms. The van der Waals surface area contributed by atoms with E-state index in [0.29, 0.717) is 16.5 Å². The third kappa shape index (κ3) is 5.31. The second-order valence-electron chi connectivity index (χ2n) is 5.77. The molecule has 0 radical (unpaired) electrons. The molecule has 27 heavy (non-hydrogen) atoms. The first-order valence-corrected chi connectivity index (χ1v) is 11.4. The van der Waals surface area contributed by atoms with Gasteiger partial charge in [0, 0.05) is 15.6 Å². The highest BCUT2D eigenvalue weighted by molar-refractivity contribution is 7.98. The zero-order chi connectivity index (χ0) is 20.2. The number of amides is 1. The minimum absolute atomic E-state index is 0.202. The van der Waals surface area contributed by atoms with Crippen LogP contribution in [0.5, 0.6) is 5.75 Å². The second-order valence-corrected chi connectivity index (χ2v) is 8.95. The number of hydrogen-bond acceptors (Lipinski definition) is 5. The van der Waals surface area contributed by atoms with Gasteiger partial charge in [-0.15, -0.1) is 11.8 Å². The number of thioether (sulfide) groups is 1. The number of methoxy groups -OCH3 is 1. The third-order valence-electron chi connectivity index (χ3n) is 3.80. The van der Waals surface area contributed by atoms with E-state index in [9.17, 15) is 13.2 Å². The third-order valence-corrected chi connectivity index (χ3v) is 5.99. The summed E-state index contributed by atoms with van der Waals surface area (Å²) < 4.78 is 31.2. The number of nitrogens with zero attached hydrogens (tertiary/aromatic N) is 1. The van der Waals surface area contributed by atoms with E-state index in [1.54, 1.807) is 30.0 Å². The van der Waals surface area contributed by atoms with E-state index in [1.807, 2.05) is 24.5 Å². The van der Waals surface area contributed by atoms with Crippen molar-refractivity contribution in [2.75, 3.05) is 29.2 Å². The van der Waals surface area contributed by atoms with Crippen molar-refractivity contribution in [3.8, 4) is 5.75 Å². The number of nitrogens with one attached hydrogen (secondary N) is 1. The highest BCUT2D eigenvalue weighted by atomic mass is 35.5. The van der Waals surface area contributed by atoms with Crippen molar-refractivity contribution in [3.05, 3.63) is 47.5 Å². The number of benzene rings is 2. The fourth-order valence-electron chi connectivity index (χ4n) is 2.56. The number of hydrogen-bond donors (Lipinski definition) is 1. The molecule has 0 fully saturated rings. The average molecular weight is 429 g/mol. The largest absolute Gasteiger partial charge is 0.495 e. The molecule has 0 aliphatic rings. The SMILES string of the molecule is COc1ccc(Cl)cc1N([C@H](C)C(=O)Nc1cccc(SC)c1)S(C)(=O)=O. The Morgan fingerprint density at radius 2 is 1.96 bits per heavy atom. The van der Waals surface area contributed by atoms with Crippen LogP contribution in [0.1, 0.15) is 6.92 Å². The van der Waals surface area contributed by atoms with Gasteiger partial charge in [-0.2, -0.15) is 0 Å². The van der Waals surface area contributed by atoms with E-state index >= 15 is 0 Å². The molecule has 1 amide bonds. The molecule has 0 aliphatic carbocycles. The number of ether oxygens (including phenoxy) is 1. The molecule has 0 spiro atoms. The van der Waals surface area contributed by atoms with Gasteiger partial charge in [-0.25, -0.2) is 8.42 Å². The standard InChI is InChI=1S/C18H21ClN2O4S2/c1-12(18(22)20-14-6-5-7-15(11-14)26-3)21(27(4,23)24)16-10-13(19)8-9-17(16)25-2/h5-12H,1-4H3,(H,20,22)/t12-/m1/s1. The highest BCUT2D eigenvalue weighted by Crippen LogP contribution is 2.34. The van der Waals surface area contributed by atoms with Crippen LogP contribution in [0.3, 0.4) is 0 Å². The summed E-state index contributed by atoms with van der Waals surface area (Å²) in [6.45, 7) is 1.51. The maximum Gasteiger partial charge on any atom is 0.247 e. The number of carbonyl (C=O) groups excluding carboxylic acids is 1. The van der Waals surface area contributed by atoms with Crippen LogP contribution < -0.4 is 14.4 Å². The van der Waals surface area contributed by atoms with E-state index in [4.69, 9.17) is 16.3 Å². The lowest BCUT2D eigenvalue weighted by Gasteiger charge is -2.29. The van der Waals surface area contributed by atoms with Gasteiger partial charge >= 0.3 is 0 Å². The zero-order valence-corrected chi connectivity index (χ0v) is 17.8. The Morgan fingerprint density at radius 3 is 2.56 bits per heavy atom. The minimum atomic E-state index is -3.79. The molecule has 0 aromatic heterocycles. The van der Waals surface area contributed by atoms with Crippen molar-refractivity contribution < 1.29 is 17.9 Å². The van der Waals surface area contributed by atoms with Crippen molar-refractivity contribution >= 4 is 50.7 Å². The molecule has 0 saturated heterocycles. The normalized spacial score (nSPS) is 12.3. The van der Waals surface area contributed by atoms with Crippen LogP contribution in [0.4, 0.5) is 11.4 Å². The topological polar surface area (TPSA) is 75.7 Å². The van der Waals surface area contributed by atoms with Crippen LogP contribution in [0.2, 0.25) is 5.02 Å². The highest BCUT2D eigenvalue weighted by Gasteiger charge is 2.31. The summed E-state index contributed by atoms with van der Waals surface area (Å²) in [6, 6.07) is 10.9. The van der Waals surface area contributed by atoms with Crippen LogP contribution in [0.25, 0.3) is 0 Å². The fraction of sp³-hybridized carbons (Fsp3) is 0.278. The van der Waals surface area contributed by atoms with Gasteiger partial charge in [0.25, 0.3) is 0 Å². The molecule has 2 aromatic rings. The predicted octanol–water partition coefficient (Wildman–Crippen LogP) is 3.86. The molecule has 1 N–H and O–H groups in total. The van der Waals surface area contributed by atoms with Gasteiger partial charge in [0.1, 0.15) is 11.8 Å². The van der Waals surface area contributed by atoms with E-state index in [0.717, 1.165) is 15.5 Å². The summed E-state index contributed by atoms with van der Waals surface area (Å²) in [5, 5.41) is 3.09. The van der Waals surface area contributed by atoms with Gasteiger partial charge in [-0.3, -0.25) is 9.10 Å². The molecule has 6 nitrogen and oxygen atoms in total. The van der Waals surface area contributed by atoms with Gasteiger partial charge in [0.2, 0.25) is 15.9 Å². The zero-order valence-electron chi connectivity index (χ0n) is 15.4. The van der Waals surface area contributed by atoms with Crippen molar-refractivity contribution in [3.63, 3.8) is 0 Å². The maximum absolute atomic E-state index is 12.8. The van der Waals surface area contributed by atoms with Gasteiger partial charge in [-0.1, -0.05) is 17.7 Å². The molecule has 0 aliphatic heterocycles. The Bertz CT molecular complexity index is 935. The Labute approximate surface area is 168 Å². The number of anilines is 2. The quantitative estimate of drug-likeness (QED) is 0.677. The summed E-state index contributed by atoms with van der Waals surface area (Å²) >= 11 is 7.58. The lowest BCUT2D eigenvalue weighted by molar-refractivity contribution is -0.116. The van der Waals surface area contributed by atoms with Crippen LogP contribution in [-0.2, 0) is 14.8 Å². The molecule has 0 saturated carbocycles. The number of halogens is 1. The molecule has 2 rings (SSSR count). The predicted molar refractivity (Wildman–Crippen MR) is 112 cm³/mol. The molecule has 9 heteroatoms. The molecule has 1 atom stereocenters. The summed E-state index contributed by atoms with van der Waals surface area (Å²) in [5.74, 6) is -0.172. The first-order valence-electron chi connectivity index (χ1n) is 7.95. The number of carbonyl (C=O) groups is 1. The molecule has 0 unspecified atom stereocenters. The number of rotatable bonds is 7. The van der Waals surface area contributed by atoms with E-state index in [2.05, 4.69) is 5.32 Å². The van der Waals surface area contributed by atoms with Crippen LogP contribution in [-0.4, -0.2) is 40.0 Å². The van der Waals surface area contributed by atoms with Gasteiger partial charge in [0.05, 0.1) is 19.1 Å². The van der Waals surface area contributed by atoms with Gasteiger partial charge in [-0.05, 0) is 49.6 Å². The van der Waals surface area contributed by atoms with Crippen LogP contribution >= 0.6 is 23.4 Å². The van der Waals surface area contributed by atoms with Gasteiger partial charge in [0.15, 0.2) is 0 Å². The summed E-state index contributed by atoms with van der Waals surface area (Å²) in [7, 11) is -2.36. The number of sulfonamides is 1. The lowest BCUT2D eigenvalue weighted by atomic mass is 10.2. The van der Waals surface area contributed by atoms with Crippen molar-refractivity contribution in [1.82, 2.24) is 0 Å². The van der Waals surface area contributed by atoms with Crippen molar-refractivity contribution in [2.24, 2.45) is 0 Å². The average Bonchev–Trinajstić information content (AvgIpc) is 2.61. The Kier molecular flexibility index (Phi) is 7.02. The van der Waals surface area contributed by atoms with E-state index < -0.39 is 22.0 Å². The Balaban J connectivity index is 2.39. The summed E-state index contributed by atoms with van der Waals surface area (Å²) in [4.78, 5) is 13.7. The first kappa shape index (κ1) is 21.4. The van der Waals surface area contributed by atoms with E-state index in [1.165, 1.54) is 20.1 Å². The van der Waals surface area contributed by atoms with Crippen molar-refractivity contribution in [2.45, 2.75) is 17.9 Å². The first-order chi connectivity index (χ1) is 12.7. The summed E-state index contributed by atoms with van der Waals surface area (Å²) in [5.41, 5.74) is 0.790. The molecule has 146 valence electrons. The minimum Gasteiger partial charge on any atom is -0.495 e. The Morgan fingerprint density at radius 1 is 1.26 bits per heavy atom. The Hall–Kier alpha value is -1.90. The van der Waals surface area contributed by atoms with Crippen LogP contribution in [0, 0.1) is 0 Å². The molecule has 2 aromatic carbocycles. The maximum atomic E-state index is 12.8. The van der Waals surface area contributed by atoms with Crippen LogP contribution in [0.15, 0.2) is 47.4 Å². The lowest BCUT2D eigenvalue weighted by Crippen LogP contribution is -2.45. The fourth-order valence-corrected chi connectivity index (χ4v) is 4.36. The van der Waals surface area contributed by atoms with Crippen molar-refractivity contribution in [1.29, 1.82) is 0 Å². The monoisotopic (exact) mass is 428 g/mol. The van der Waals surface area contributed by atoms with E-state index in [-0.39, 0.29) is 5.69 Å². The molecule has 0 heterocycles. The molecular weight excluding hydrogens is 408 g/mol. The smallest absolute Gasteiger partial charge is 0.247 e.